The number of pyridine rings is 1. The van der Waals surface area contributed by atoms with Gasteiger partial charge in [0.05, 0.1) is 12.2 Å². The maximum absolute atomic E-state index is 5.79. The Labute approximate surface area is 104 Å². The zero-order valence-corrected chi connectivity index (χ0v) is 10.1. The first kappa shape index (κ1) is 11.6. The standard InChI is InChI=1S/C11H12ClN5/c1-7-2-3-14-8(4-7)5-15-11-9(13)10(12)16-6-17-11/h2-4,6H,5,13H2,1H3,(H,15,16,17). The van der Waals surface area contributed by atoms with Gasteiger partial charge in [-0.3, -0.25) is 4.98 Å². The molecule has 0 bridgehead atoms. The predicted octanol–water partition coefficient (Wildman–Crippen LogP) is 2.03. The minimum absolute atomic E-state index is 0.250. The van der Waals surface area contributed by atoms with E-state index in [2.05, 4.69) is 20.3 Å². The first-order valence-corrected chi connectivity index (χ1v) is 5.46. The minimum atomic E-state index is 0.250. The van der Waals surface area contributed by atoms with Gasteiger partial charge in [-0.1, -0.05) is 11.6 Å². The molecule has 6 heteroatoms. The summed E-state index contributed by atoms with van der Waals surface area (Å²) in [5.74, 6) is 0.522. The monoisotopic (exact) mass is 249 g/mol. The molecule has 5 nitrogen and oxygen atoms in total. The molecule has 2 rings (SSSR count). The van der Waals surface area contributed by atoms with E-state index in [-0.39, 0.29) is 5.15 Å². The van der Waals surface area contributed by atoms with Gasteiger partial charge >= 0.3 is 0 Å². The predicted molar refractivity (Wildman–Crippen MR) is 67.8 cm³/mol. The van der Waals surface area contributed by atoms with Crippen molar-refractivity contribution in [3.05, 3.63) is 41.1 Å². The number of aromatic nitrogens is 3. The van der Waals surface area contributed by atoms with Crippen molar-refractivity contribution in [1.82, 2.24) is 15.0 Å². The maximum atomic E-state index is 5.79. The average Bonchev–Trinajstić information content (AvgIpc) is 2.31. The van der Waals surface area contributed by atoms with Gasteiger partial charge in [0.15, 0.2) is 11.0 Å². The molecular formula is C11H12ClN5. The number of nitrogens with zero attached hydrogens (tertiary/aromatic N) is 3. The number of anilines is 2. The number of hydrogen-bond donors (Lipinski definition) is 2. The molecule has 0 aliphatic rings. The van der Waals surface area contributed by atoms with E-state index in [0.717, 1.165) is 11.3 Å². The summed E-state index contributed by atoms with van der Waals surface area (Å²) in [7, 11) is 0. The van der Waals surface area contributed by atoms with Crippen LogP contribution in [0.25, 0.3) is 0 Å². The largest absolute Gasteiger partial charge is 0.393 e. The SMILES string of the molecule is Cc1ccnc(CNc2ncnc(Cl)c2N)c1. The van der Waals surface area contributed by atoms with Gasteiger partial charge in [0.1, 0.15) is 12.0 Å². The first-order valence-electron chi connectivity index (χ1n) is 5.08. The lowest BCUT2D eigenvalue weighted by Crippen LogP contribution is -2.06. The Morgan fingerprint density at radius 2 is 2.18 bits per heavy atom. The summed E-state index contributed by atoms with van der Waals surface area (Å²) in [6.45, 7) is 2.56. The molecule has 0 aliphatic carbocycles. The number of rotatable bonds is 3. The second-order valence-corrected chi connectivity index (χ2v) is 3.96. The van der Waals surface area contributed by atoms with Gasteiger partial charge in [-0.05, 0) is 24.6 Å². The van der Waals surface area contributed by atoms with Crippen LogP contribution in [0.5, 0.6) is 0 Å². The molecule has 0 saturated heterocycles. The topological polar surface area (TPSA) is 76.7 Å². The summed E-state index contributed by atoms with van der Waals surface area (Å²) in [4.78, 5) is 12.0. The van der Waals surface area contributed by atoms with Crippen LogP contribution in [0.1, 0.15) is 11.3 Å². The summed E-state index contributed by atoms with van der Waals surface area (Å²) >= 11 is 5.79. The molecule has 0 aromatic carbocycles. The van der Waals surface area contributed by atoms with Crippen molar-refractivity contribution < 1.29 is 0 Å². The van der Waals surface area contributed by atoms with Crippen molar-refractivity contribution in [3.8, 4) is 0 Å². The molecule has 0 saturated carbocycles. The van der Waals surface area contributed by atoms with Crippen LogP contribution in [-0.2, 0) is 6.54 Å². The smallest absolute Gasteiger partial charge is 0.157 e. The molecule has 2 aromatic rings. The normalized spacial score (nSPS) is 10.2. The van der Waals surface area contributed by atoms with E-state index in [1.54, 1.807) is 6.20 Å². The Kier molecular flexibility index (Phi) is 3.39. The molecule has 0 radical (unpaired) electrons. The van der Waals surface area contributed by atoms with Crippen molar-refractivity contribution in [1.29, 1.82) is 0 Å². The molecule has 0 spiro atoms. The summed E-state index contributed by atoms with van der Waals surface area (Å²) in [6, 6.07) is 3.94. The number of hydrogen-bond acceptors (Lipinski definition) is 5. The van der Waals surface area contributed by atoms with E-state index in [0.29, 0.717) is 18.1 Å². The van der Waals surface area contributed by atoms with E-state index in [1.165, 1.54) is 6.33 Å². The van der Waals surface area contributed by atoms with Crippen LogP contribution in [0.2, 0.25) is 5.15 Å². The lowest BCUT2D eigenvalue weighted by atomic mass is 10.2. The Hall–Kier alpha value is -1.88. The van der Waals surface area contributed by atoms with Crippen molar-refractivity contribution in [2.75, 3.05) is 11.1 Å². The van der Waals surface area contributed by atoms with Crippen molar-refractivity contribution >= 4 is 23.1 Å². The van der Waals surface area contributed by atoms with Crippen molar-refractivity contribution in [2.45, 2.75) is 13.5 Å². The van der Waals surface area contributed by atoms with Gasteiger partial charge in [-0.25, -0.2) is 9.97 Å². The third-order valence-electron chi connectivity index (χ3n) is 2.24. The fourth-order valence-corrected chi connectivity index (χ4v) is 1.52. The molecule has 0 fully saturated rings. The van der Waals surface area contributed by atoms with Crippen LogP contribution >= 0.6 is 11.6 Å². The Morgan fingerprint density at radius 3 is 2.94 bits per heavy atom. The van der Waals surface area contributed by atoms with Crippen LogP contribution in [-0.4, -0.2) is 15.0 Å². The van der Waals surface area contributed by atoms with Crippen LogP contribution in [0.4, 0.5) is 11.5 Å². The zero-order chi connectivity index (χ0) is 12.3. The minimum Gasteiger partial charge on any atom is -0.393 e. The van der Waals surface area contributed by atoms with E-state index >= 15 is 0 Å². The molecule has 17 heavy (non-hydrogen) atoms. The molecule has 0 aliphatic heterocycles. The quantitative estimate of drug-likeness (QED) is 0.814. The number of nitrogen functional groups attached to an aromatic ring is 1. The third-order valence-corrected chi connectivity index (χ3v) is 2.55. The highest BCUT2D eigenvalue weighted by Gasteiger charge is 2.05. The summed E-state index contributed by atoms with van der Waals surface area (Å²) in [5, 5.41) is 3.32. The van der Waals surface area contributed by atoms with Gasteiger partial charge in [0, 0.05) is 6.20 Å². The fraction of sp³-hybridized carbons (Fsp3) is 0.182. The van der Waals surface area contributed by atoms with Gasteiger partial charge in [-0.2, -0.15) is 0 Å². The highest BCUT2D eigenvalue weighted by Crippen LogP contribution is 2.22. The van der Waals surface area contributed by atoms with Crippen molar-refractivity contribution in [2.24, 2.45) is 0 Å². The second-order valence-electron chi connectivity index (χ2n) is 3.60. The summed E-state index contributed by atoms with van der Waals surface area (Å²) < 4.78 is 0. The lowest BCUT2D eigenvalue weighted by Gasteiger charge is -2.08. The van der Waals surface area contributed by atoms with Crippen LogP contribution in [0.15, 0.2) is 24.7 Å². The molecule has 88 valence electrons. The second kappa shape index (κ2) is 4.97. The lowest BCUT2D eigenvalue weighted by molar-refractivity contribution is 1.02. The zero-order valence-electron chi connectivity index (χ0n) is 9.31. The summed E-state index contributed by atoms with van der Waals surface area (Å²) in [6.07, 6.45) is 3.13. The van der Waals surface area contributed by atoms with Crippen LogP contribution in [0.3, 0.4) is 0 Å². The molecule has 2 heterocycles. The van der Waals surface area contributed by atoms with E-state index in [4.69, 9.17) is 17.3 Å². The average molecular weight is 250 g/mol. The highest BCUT2D eigenvalue weighted by molar-refractivity contribution is 6.32. The number of aryl methyl sites for hydroxylation is 1. The molecule has 3 N–H and O–H groups in total. The number of halogens is 1. The van der Waals surface area contributed by atoms with Gasteiger partial charge in [0.2, 0.25) is 0 Å². The third kappa shape index (κ3) is 2.82. The molecule has 2 aromatic heterocycles. The van der Waals surface area contributed by atoms with E-state index in [1.807, 2.05) is 19.1 Å². The van der Waals surface area contributed by atoms with Crippen LogP contribution < -0.4 is 11.1 Å². The highest BCUT2D eigenvalue weighted by atomic mass is 35.5. The number of nitrogens with one attached hydrogen (secondary N) is 1. The number of nitrogens with two attached hydrogens (primary N) is 1. The van der Waals surface area contributed by atoms with E-state index < -0.39 is 0 Å². The molecule has 0 atom stereocenters. The Balaban J connectivity index is 2.10. The maximum Gasteiger partial charge on any atom is 0.157 e. The van der Waals surface area contributed by atoms with Gasteiger partial charge < -0.3 is 11.1 Å². The first-order chi connectivity index (χ1) is 8.16. The van der Waals surface area contributed by atoms with Gasteiger partial charge in [-0.15, -0.1) is 0 Å². The molecule has 0 unspecified atom stereocenters. The van der Waals surface area contributed by atoms with Gasteiger partial charge in [0.25, 0.3) is 0 Å². The Morgan fingerprint density at radius 1 is 1.35 bits per heavy atom. The van der Waals surface area contributed by atoms with Crippen LogP contribution in [0, 0.1) is 6.92 Å². The molecule has 0 amide bonds. The Bertz CT molecular complexity index is 529. The van der Waals surface area contributed by atoms with Crippen molar-refractivity contribution in [3.63, 3.8) is 0 Å². The molecular weight excluding hydrogens is 238 g/mol. The van der Waals surface area contributed by atoms with E-state index in [9.17, 15) is 0 Å². The fourth-order valence-electron chi connectivity index (χ4n) is 1.38. The summed E-state index contributed by atoms with van der Waals surface area (Å²) in [5.41, 5.74) is 8.16.